The Labute approximate surface area is 126 Å². The molecule has 4 nitrogen and oxygen atoms in total. The highest BCUT2D eigenvalue weighted by Gasteiger charge is 2.22. The molecule has 0 aliphatic heterocycles. The zero-order chi connectivity index (χ0) is 14.9. The Bertz CT molecular complexity index is 746. The van der Waals surface area contributed by atoms with Crippen LogP contribution in [0.25, 0.3) is 0 Å². The second-order valence-corrected chi connectivity index (χ2v) is 7.84. The number of aliphatic hydroxyl groups excluding tert-OH is 1. The predicted molar refractivity (Wildman–Crippen MR) is 75.1 cm³/mol. The van der Waals surface area contributed by atoms with Gasteiger partial charge in [-0.05, 0) is 34.1 Å². The average molecular weight is 384 g/mol. The third kappa shape index (κ3) is 3.17. The molecule has 1 heterocycles. The van der Waals surface area contributed by atoms with Gasteiger partial charge in [0, 0.05) is 10.9 Å². The van der Waals surface area contributed by atoms with Gasteiger partial charge in [0.15, 0.2) is 0 Å². The molecule has 1 aromatic carbocycles. The van der Waals surface area contributed by atoms with Crippen molar-refractivity contribution in [3.8, 4) is 0 Å². The van der Waals surface area contributed by atoms with E-state index in [0.717, 1.165) is 29.5 Å². The largest absolute Gasteiger partial charge is 0.391 e. The van der Waals surface area contributed by atoms with E-state index < -0.39 is 27.3 Å². The van der Waals surface area contributed by atoms with E-state index >= 15 is 0 Å². The van der Waals surface area contributed by atoms with Crippen LogP contribution in [-0.2, 0) is 16.6 Å². The van der Waals surface area contributed by atoms with E-state index in [-0.39, 0.29) is 15.3 Å². The maximum absolute atomic E-state index is 13.4. The van der Waals surface area contributed by atoms with Gasteiger partial charge in [-0.25, -0.2) is 17.2 Å². The second kappa shape index (κ2) is 5.76. The van der Waals surface area contributed by atoms with Gasteiger partial charge >= 0.3 is 0 Å². The Morgan fingerprint density at radius 2 is 2.00 bits per heavy atom. The summed E-state index contributed by atoms with van der Waals surface area (Å²) in [5.74, 6) is -1.65. The first-order valence-corrected chi connectivity index (χ1v) is 8.29. The molecule has 108 valence electrons. The van der Waals surface area contributed by atoms with Crippen LogP contribution >= 0.6 is 27.3 Å². The lowest BCUT2D eigenvalue weighted by atomic mass is 10.3. The minimum absolute atomic E-state index is 0.143. The van der Waals surface area contributed by atoms with Gasteiger partial charge in [-0.15, -0.1) is 11.3 Å². The highest BCUT2D eigenvalue weighted by atomic mass is 79.9. The molecule has 0 unspecified atom stereocenters. The van der Waals surface area contributed by atoms with Crippen LogP contribution in [0.4, 0.5) is 14.5 Å². The van der Waals surface area contributed by atoms with Crippen LogP contribution in [0.1, 0.15) is 4.88 Å². The number of aliphatic hydroxyl groups is 1. The molecule has 0 fully saturated rings. The Morgan fingerprint density at radius 3 is 2.60 bits per heavy atom. The standard InChI is InChI=1S/C11H8BrF2NO3S2/c12-11-10(4-7(5-16)19-11)20(17,18)15-9-3-6(13)1-2-8(9)14/h1-4,15-16H,5H2. The van der Waals surface area contributed by atoms with E-state index in [1.807, 2.05) is 4.72 Å². The van der Waals surface area contributed by atoms with Crippen LogP contribution < -0.4 is 4.72 Å². The predicted octanol–water partition coefficient (Wildman–Crippen LogP) is 3.08. The van der Waals surface area contributed by atoms with E-state index in [0.29, 0.717) is 4.88 Å². The molecule has 1 aromatic heterocycles. The molecule has 0 atom stereocenters. The molecule has 0 aliphatic carbocycles. The van der Waals surface area contributed by atoms with Crippen molar-refractivity contribution in [3.63, 3.8) is 0 Å². The number of thiophene rings is 1. The number of halogens is 3. The van der Waals surface area contributed by atoms with Gasteiger partial charge in [0.05, 0.1) is 16.1 Å². The van der Waals surface area contributed by atoms with E-state index in [9.17, 15) is 17.2 Å². The summed E-state index contributed by atoms with van der Waals surface area (Å²) in [5, 5.41) is 8.98. The Morgan fingerprint density at radius 1 is 1.30 bits per heavy atom. The molecule has 0 aliphatic rings. The number of hydrogen-bond acceptors (Lipinski definition) is 4. The van der Waals surface area contributed by atoms with Gasteiger partial charge < -0.3 is 5.11 Å². The van der Waals surface area contributed by atoms with E-state index in [2.05, 4.69) is 15.9 Å². The van der Waals surface area contributed by atoms with Crippen molar-refractivity contribution in [2.45, 2.75) is 11.5 Å². The molecule has 2 rings (SSSR count). The molecular formula is C11H8BrF2NO3S2. The molecule has 0 saturated carbocycles. The van der Waals surface area contributed by atoms with Gasteiger partial charge in [-0.3, -0.25) is 4.72 Å². The van der Waals surface area contributed by atoms with Crippen molar-refractivity contribution < 1.29 is 22.3 Å². The van der Waals surface area contributed by atoms with E-state index in [1.54, 1.807) is 0 Å². The van der Waals surface area contributed by atoms with Gasteiger partial charge in [0.1, 0.15) is 16.5 Å². The molecule has 0 spiro atoms. The van der Waals surface area contributed by atoms with Crippen molar-refractivity contribution in [2.24, 2.45) is 0 Å². The monoisotopic (exact) mass is 383 g/mol. The van der Waals surface area contributed by atoms with Crippen LogP contribution in [-0.4, -0.2) is 13.5 Å². The summed E-state index contributed by atoms with van der Waals surface area (Å²) >= 11 is 4.10. The smallest absolute Gasteiger partial charge is 0.263 e. The molecule has 0 saturated heterocycles. The molecule has 2 aromatic rings. The quantitative estimate of drug-likeness (QED) is 0.852. The normalized spacial score (nSPS) is 11.6. The summed E-state index contributed by atoms with van der Waals surface area (Å²) in [4.78, 5) is 0.284. The maximum Gasteiger partial charge on any atom is 0.263 e. The average Bonchev–Trinajstić information content (AvgIpc) is 2.76. The van der Waals surface area contributed by atoms with Gasteiger partial charge in [-0.2, -0.15) is 0 Å². The SMILES string of the molecule is O=S(=O)(Nc1cc(F)ccc1F)c1cc(CO)sc1Br. The summed E-state index contributed by atoms with van der Waals surface area (Å²) < 4.78 is 52.9. The first-order chi connectivity index (χ1) is 9.33. The number of benzene rings is 1. The molecule has 9 heteroatoms. The molecule has 0 amide bonds. The molecule has 20 heavy (non-hydrogen) atoms. The third-order valence-corrected chi connectivity index (χ3v) is 5.93. The fourth-order valence-electron chi connectivity index (χ4n) is 1.43. The second-order valence-electron chi connectivity index (χ2n) is 3.74. The Kier molecular flexibility index (Phi) is 4.43. The van der Waals surface area contributed by atoms with Gasteiger partial charge in [0.2, 0.25) is 0 Å². The molecule has 0 bridgehead atoms. The lowest BCUT2D eigenvalue weighted by Gasteiger charge is -2.08. The lowest BCUT2D eigenvalue weighted by Crippen LogP contribution is -2.14. The minimum atomic E-state index is -4.08. The first-order valence-electron chi connectivity index (χ1n) is 5.20. The fourth-order valence-corrected chi connectivity index (χ4v) is 5.04. The maximum atomic E-state index is 13.4. The number of sulfonamides is 1. The topological polar surface area (TPSA) is 66.4 Å². The van der Waals surface area contributed by atoms with Crippen LogP contribution in [0.2, 0.25) is 0 Å². The van der Waals surface area contributed by atoms with Crippen LogP contribution in [0.3, 0.4) is 0 Å². The van der Waals surface area contributed by atoms with Crippen LogP contribution in [0.5, 0.6) is 0 Å². The Balaban J connectivity index is 2.40. The van der Waals surface area contributed by atoms with Gasteiger partial charge in [-0.1, -0.05) is 0 Å². The zero-order valence-corrected chi connectivity index (χ0v) is 12.9. The fraction of sp³-hybridized carbons (Fsp3) is 0.0909. The highest BCUT2D eigenvalue weighted by Crippen LogP contribution is 2.33. The summed E-state index contributed by atoms with van der Waals surface area (Å²) in [6.45, 7) is -0.312. The summed E-state index contributed by atoms with van der Waals surface area (Å²) in [6, 6.07) is 3.72. The molecular weight excluding hydrogens is 376 g/mol. The van der Waals surface area contributed by atoms with Crippen LogP contribution in [0, 0.1) is 11.6 Å². The summed E-state index contributed by atoms with van der Waals surface area (Å²) in [5.41, 5.74) is -0.478. The number of anilines is 1. The molecule has 2 N–H and O–H groups in total. The van der Waals surface area contributed by atoms with Crippen molar-refractivity contribution in [3.05, 3.63) is 44.6 Å². The highest BCUT2D eigenvalue weighted by molar-refractivity contribution is 9.11. The van der Waals surface area contributed by atoms with E-state index in [4.69, 9.17) is 5.11 Å². The van der Waals surface area contributed by atoms with Crippen molar-refractivity contribution in [1.82, 2.24) is 0 Å². The van der Waals surface area contributed by atoms with Gasteiger partial charge in [0.25, 0.3) is 10.0 Å². The molecule has 0 radical (unpaired) electrons. The third-order valence-electron chi connectivity index (χ3n) is 2.32. The zero-order valence-electron chi connectivity index (χ0n) is 9.73. The first kappa shape index (κ1) is 15.4. The Hall–Kier alpha value is -1.03. The van der Waals surface area contributed by atoms with Crippen molar-refractivity contribution >= 4 is 43.0 Å². The number of nitrogens with one attached hydrogen (secondary N) is 1. The van der Waals surface area contributed by atoms with Crippen molar-refractivity contribution in [2.75, 3.05) is 4.72 Å². The summed E-state index contributed by atoms with van der Waals surface area (Å²) in [6.07, 6.45) is 0. The number of hydrogen-bond donors (Lipinski definition) is 2. The van der Waals surface area contributed by atoms with Crippen LogP contribution in [0.15, 0.2) is 32.9 Å². The van der Waals surface area contributed by atoms with E-state index in [1.165, 1.54) is 6.07 Å². The van der Waals surface area contributed by atoms with Crippen molar-refractivity contribution in [1.29, 1.82) is 0 Å². The minimum Gasteiger partial charge on any atom is -0.391 e. The number of rotatable bonds is 4. The summed E-state index contributed by atoms with van der Waals surface area (Å²) in [7, 11) is -4.08. The lowest BCUT2D eigenvalue weighted by molar-refractivity contribution is 0.285.